The van der Waals surface area contributed by atoms with E-state index < -0.39 is 12.1 Å². The van der Waals surface area contributed by atoms with Crippen molar-refractivity contribution in [3.8, 4) is 109 Å². The number of hydrogen-bond acceptors (Lipinski definition) is 12. The van der Waals surface area contributed by atoms with Crippen LogP contribution in [0.15, 0.2) is 36.4 Å². The first-order chi connectivity index (χ1) is 42.6. The zero-order valence-corrected chi connectivity index (χ0v) is 51.7. The second kappa shape index (κ2) is 43.9. The van der Waals surface area contributed by atoms with E-state index in [0.29, 0.717) is 207 Å². The number of benzene rings is 3. The van der Waals surface area contributed by atoms with E-state index in [0.717, 1.165) is 93.7 Å². The van der Waals surface area contributed by atoms with Crippen LogP contribution in [0.3, 0.4) is 0 Å². The monoisotopic (exact) mass is 1190 g/mol. The lowest BCUT2D eigenvalue weighted by Crippen LogP contribution is -2.48. The first kappa shape index (κ1) is 71.8. The van der Waals surface area contributed by atoms with Crippen molar-refractivity contribution in [2.75, 3.05) is 59.3 Å². The van der Waals surface area contributed by atoms with E-state index in [-0.39, 0.29) is 29.9 Å². The summed E-state index contributed by atoms with van der Waals surface area (Å²) < 4.78 is 38.6. The highest BCUT2D eigenvalue weighted by atomic mass is 16.5. The minimum absolute atomic E-state index is 0.0977. The standard InChI is InChI=1S/C73H97N5O9/c1-7-13-19-25-40-82-66-49-57(50-67(62(66)34-31-37-74)83-41-26-20-14-8-2)65(79)48-56-46-60(77-72(80)58-51-68(84-42-27-21-15-9-3)63(35-32-38-75)69(52-58)85-43-28-22-16-10-4)55-61(47-56)78-73(81)59-53-70(86-44-29-23-17-11-5)64(36-33-39-76)71(54-59)87-45-30-24-18-12-6/h1-6,49-54,56,60-61H,13-48,55,74-76H2,(H,77,80)(H,78,81). The van der Waals surface area contributed by atoms with Crippen LogP contribution < -0.4 is 56.3 Å². The average Bonchev–Trinajstić information content (AvgIpc) is 2.61. The maximum atomic E-state index is 15.0. The normalized spacial score (nSPS) is 14.1. The largest absolute Gasteiger partial charge is 0.493 e. The van der Waals surface area contributed by atoms with E-state index in [1.165, 1.54) is 0 Å². The molecular formula is C73H97N5O9. The molecule has 3 aromatic carbocycles. The van der Waals surface area contributed by atoms with Crippen LogP contribution in [-0.2, 0) is 19.3 Å². The van der Waals surface area contributed by atoms with Gasteiger partial charge in [-0.15, -0.1) is 74.1 Å². The first-order valence-corrected chi connectivity index (χ1v) is 31.7. The molecular weight excluding hydrogens is 1090 g/mol. The third-order valence-electron chi connectivity index (χ3n) is 15.0. The number of amides is 2. The molecule has 0 bridgehead atoms. The highest BCUT2D eigenvalue weighted by Crippen LogP contribution is 2.38. The summed E-state index contributed by atoms with van der Waals surface area (Å²) in [5, 5.41) is 6.64. The summed E-state index contributed by atoms with van der Waals surface area (Å²) in [6.07, 6.45) is 51.2. The molecule has 2 atom stereocenters. The SMILES string of the molecule is C#CCCCCOc1cc(C(=O)CC2CC(NC(=O)c3cc(OCCCCC#C)c(CCCN)c(OCCCCC#C)c3)CC(NC(=O)c3cc(OCCCCC#C)c(CCCN)c(OCCCCC#C)c3)C2)cc(OCCCCC#C)c1CCCN. The Morgan fingerprint density at radius 2 is 0.632 bits per heavy atom. The molecule has 2 amide bonds. The molecule has 87 heavy (non-hydrogen) atoms. The van der Waals surface area contributed by atoms with Gasteiger partial charge in [0.25, 0.3) is 11.8 Å². The van der Waals surface area contributed by atoms with Crippen LogP contribution in [0.1, 0.15) is 208 Å². The number of carbonyl (C=O) groups is 3. The smallest absolute Gasteiger partial charge is 0.251 e. The number of nitrogens with one attached hydrogen (secondary N) is 2. The van der Waals surface area contributed by atoms with Gasteiger partial charge in [-0.1, -0.05) is 0 Å². The van der Waals surface area contributed by atoms with Crippen molar-refractivity contribution in [1.82, 2.24) is 10.6 Å². The summed E-state index contributed by atoms with van der Waals surface area (Å²) in [7, 11) is 0. The van der Waals surface area contributed by atoms with Gasteiger partial charge in [-0.3, -0.25) is 14.4 Å². The Labute approximate surface area is 521 Å². The molecule has 0 aliphatic heterocycles. The number of terminal acetylenes is 6. The maximum Gasteiger partial charge on any atom is 0.251 e. The Balaban J connectivity index is 1.80. The molecule has 1 aliphatic rings. The molecule has 0 heterocycles. The van der Waals surface area contributed by atoms with Crippen molar-refractivity contribution in [3.05, 3.63) is 69.8 Å². The van der Waals surface area contributed by atoms with Crippen LogP contribution >= 0.6 is 0 Å². The summed E-state index contributed by atoms with van der Waals surface area (Å²) >= 11 is 0. The molecule has 2 unspecified atom stereocenters. The summed E-state index contributed by atoms with van der Waals surface area (Å²) in [5.41, 5.74) is 21.7. The summed E-state index contributed by atoms with van der Waals surface area (Å²) in [6.45, 7) is 3.70. The molecule has 0 saturated heterocycles. The van der Waals surface area contributed by atoms with Crippen molar-refractivity contribution in [3.63, 3.8) is 0 Å². The molecule has 14 heteroatoms. The molecule has 1 aliphatic carbocycles. The fraction of sp³-hybridized carbons (Fsp3) is 0.548. The number of nitrogens with two attached hydrogens (primary N) is 3. The molecule has 468 valence electrons. The summed E-state index contributed by atoms with van der Waals surface area (Å²) in [4.78, 5) is 44.7. The number of ketones is 1. The van der Waals surface area contributed by atoms with Crippen molar-refractivity contribution in [2.45, 2.75) is 192 Å². The third kappa shape index (κ3) is 26.9. The highest BCUT2D eigenvalue weighted by molar-refractivity contribution is 5.98. The van der Waals surface area contributed by atoms with Crippen molar-refractivity contribution in [1.29, 1.82) is 0 Å². The van der Waals surface area contributed by atoms with E-state index in [1.807, 2.05) is 12.1 Å². The second-order valence-electron chi connectivity index (χ2n) is 22.1. The number of rotatable bonds is 46. The Hall–Kier alpha value is -7.69. The number of carbonyl (C=O) groups excluding carboxylic acids is 3. The molecule has 0 radical (unpaired) electrons. The Bertz CT molecular complexity index is 2390. The fourth-order valence-corrected chi connectivity index (χ4v) is 10.5. The van der Waals surface area contributed by atoms with Crippen LogP contribution in [0, 0.1) is 80.0 Å². The quantitative estimate of drug-likeness (QED) is 0.0203. The van der Waals surface area contributed by atoms with Gasteiger partial charge in [0.2, 0.25) is 0 Å². The molecule has 4 rings (SSSR count). The predicted molar refractivity (Wildman–Crippen MR) is 349 cm³/mol. The second-order valence-corrected chi connectivity index (χ2v) is 22.1. The van der Waals surface area contributed by atoms with E-state index in [1.54, 1.807) is 24.3 Å². The predicted octanol–water partition coefficient (Wildman–Crippen LogP) is 11.4. The van der Waals surface area contributed by atoms with E-state index >= 15 is 0 Å². The van der Waals surface area contributed by atoms with Crippen LogP contribution in [0.5, 0.6) is 34.5 Å². The molecule has 0 spiro atoms. The molecule has 14 nitrogen and oxygen atoms in total. The topological polar surface area (TPSA) is 209 Å². The Kier molecular flexibility index (Phi) is 36.2. The van der Waals surface area contributed by atoms with Crippen LogP contribution in [-0.4, -0.2) is 89.0 Å². The zero-order chi connectivity index (χ0) is 62.7. The molecule has 8 N–H and O–H groups in total. The summed E-state index contributed by atoms with van der Waals surface area (Å²) in [5.74, 6) is 18.2. The fourth-order valence-electron chi connectivity index (χ4n) is 10.5. The Morgan fingerprint density at radius 1 is 0.379 bits per heavy atom. The third-order valence-corrected chi connectivity index (χ3v) is 15.0. The van der Waals surface area contributed by atoms with Gasteiger partial charge in [0.1, 0.15) is 34.5 Å². The molecule has 0 aromatic heterocycles. The van der Waals surface area contributed by atoms with Crippen LogP contribution in [0.25, 0.3) is 0 Å². The van der Waals surface area contributed by atoms with Gasteiger partial charge in [-0.25, -0.2) is 0 Å². The highest BCUT2D eigenvalue weighted by Gasteiger charge is 2.34. The molecule has 3 aromatic rings. The van der Waals surface area contributed by atoms with Crippen molar-refractivity contribution < 1.29 is 42.8 Å². The van der Waals surface area contributed by atoms with Gasteiger partial charge in [-0.2, -0.15) is 0 Å². The van der Waals surface area contributed by atoms with Gasteiger partial charge in [-0.05, 0) is 197 Å². The van der Waals surface area contributed by atoms with Crippen LogP contribution in [0.4, 0.5) is 0 Å². The first-order valence-electron chi connectivity index (χ1n) is 31.7. The lowest BCUT2D eigenvalue weighted by molar-refractivity contribution is 0.0862. The van der Waals surface area contributed by atoms with Gasteiger partial charge >= 0.3 is 0 Å². The van der Waals surface area contributed by atoms with Gasteiger partial charge < -0.3 is 56.3 Å². The maximum absolute atomic E-state index is 15.0. The zero-order valence-electron chi connectivity index (χ0n) is 51.7. The lowest BCUT2D eigenvalue weighted by Gasteiger charge is -2.36. The average molecular weight is 1190 g/mol. The lowest BCUT2D eigenvalue weighted by atomic mass is 9.79. The van der Waals surface area contributed by atoms with Gasteiger partial charge in [0, 0.05) is 90.4 Å². The van der Waals surface area contributed by atoms with E-state index in [2.05, 4.69) is 46.2 Å². The molecule has 1 fully saturated rings. The minimum Gasteiger partial charge on any atom is -0.493 e. The van der Waals surface area contributed by atoms with E-state index in [4.69, 9.17) is 84.2 Å². The van der Waals surface area contributed by atoms with Crippen molar-refractivity contribution in [2.24, 2.45) is 23.1 Å². The van der Waals surface area contributed by atoms with Gasteiger partial charge in [0.15, 0.2) is 5.78 Å². The Morgan fingerprint density at radius 3 is 0.874 bits per heavy atom. The minimum atomic E-state index is -0.488. The van der Waals surface area contributed by atoms with Gasteiger partial charge in [0.05, 0.1) is 39.6 Å². The number of hydrogen-bond donors (Lipinski definition) is 5. The number of Topliss-reactive ketones (excluding diaryl/α,β-unsaturated/α-hetero) is 1. The molecule has 1 saturated carbocycles. The summed E-state index contributed by atoms with van der Waals surface area (Å²) in [6, 6.07) is 9.69. The number of unbranched alkanes of at least 4 members (excludes halogenated alkanes) is 12. The van der Waals surface area contributed by atoms with Crippen molar-refractivity contribution >= 4 is 17.6 Å². The number of ether oxygens (including phenoxy) is 6. The van der Waals surface area contributed by atoms with Crippen LogP contribution in [0.2, 0.25) is 0 Å². The van der Waals surface area contributed by atoms with E-state index in [9.17, 15) is 14.4 Å².